The van der Waals surface area contributed by atoms with E-state index in [9.17, 15) is 24.0 Å². The Morgan fingerprint density at radius 2 is 1.73 bits per heavy atom. The van der Waals surface area contributed by atoms with E-state index >= 15 is 0 Å². The van der Waals surface area contributed by atoms with E-state index in [2.05, 4.69) is 5.32 Å². The van der Waals surface area contributed by atoms with Crippen LogP contribution in [0.1, 0.15) is 22.3 Å². The van der Waals surface area contributed by atoms with E-state index in [1.807, 2.05) is 0 Å². The normalized spacial score (nSPS) is 15.9. The molecule has 0 aliphatic carbocycles. The molecular weight excluding hydrogens is 390 g/mol. The van der Waals surface area contributed by atoms with Crippen LogP contribution in [0, 0.1) is 0 Å². The van der Waals surface area contributed by atoms with Crippen LogP contribution in [0.2, 0.25) is 0 Å². The summed E-state index contributed by atoms with van der Waals surface area (Å²) in [6.07, 6.45) is 0.812. The number of anilines is 2. The van der Waals surface area contributed by atoms with E-state index in [0.717, 1.165) is 10.5 Å². The highest BCUT2D eigenvalue weighted by atomic mass is 16.5. The summed E-state index contributed by atoms with van der Waals surface area (Å²) in [6, 6.07) is 9.94. The number of nitrogens with one attached hydrogen (secondary N) is 1. The number of Topliss-reactive ketones (excluding diaryl/α,β-unsaturated/α-hetero) is 1. The minimum Gasteiger partial charge on any atom is -0.497 e. The third-order valence-electron chi connectivity index (χ3n) is 5.01. The number of aryl methyl sites for hydroxylation is 1. The molecule has 30 heavy (non-hydrogen) atoms. The van der Waals surface area contributed by atoms with E-state index in [0.29, 0.717) is 34.7 Å². The lowest BCUT2D eigenvalue weighted by Crippen LogP contribution is -2.37. The van der Waals surface area contributed by atoms with Crippen molar-refractivity contribution in [3.05, 3.63) is 53.6 Å². The SMILES string of the molecule is COc1ccc(N2C(=O)C(=O)N(CC(=O)c3ccc4c(c3)CCC(=O)N4)C2=O)cc1. The van der Waals surface area contributed by atoms with Gasteiger partial charge in [0.05, 0.1) is 19.3 Å². The highest BCUT2D eigenvalue weighted by molar-refractivity contribution is 6.53. The lowest BCUT2D eigenvalue weighted by Gasteiger charge is -2.18. The first-order chi connectivity index (χ1) is 14.4. The first-order valence-electron chi connectivity index (χ1n) is 9.19. The summed E-state index contributed by atoms with van der Waals surface area (Å²) in [7, 11) is 1.48. The number of urea groups is 1. The largest absolute Gasteiger partial charge is 0.497 e. The van der Waals surface area contributed by atoms with Crippen LogP contribution in [0.5, 0.6) is 5.75 Å². The van der Waals surface area contributed by atoms with Gasteiger partial charge in [-0.1, -0.05) is 0 Å². The third-order valence-corrected chi connectivity index (χ3v) is 5.01. The molecule has 2 aliphatic rings. The number of amides is 5. The predicted octanol–water partition coefficient (Wildman–Crippen LogP) is 1.76. The standard InChI is InChI=1S/C21H17N3O6/c1-30-15-6-4-14(5-7-15)24-20(28)19(27)23(21(24)29)11-17(25)13-2-8-16-12(10-13)3-9-18(26)22-16/h2,4-8,10H,3,9,11H2,1H3,(H,22,26). The highest BCUT2D eigenvalue weighted by Gasteiger charge is 2.46. The molecule has 9 nitrogen and oxygen atoms in total. The van der Waals surface area contributed by atoms with Gasteiger partial charge in [-0.15, -0.1) is 0 Å². The van der Waals surface area contributed by atoms with Gasteiger partial charge in [0.1, 0.15) is 5.75 Å². The maximum absolute atomic E-state index is 12.7. The number of ketones is 1. The second-order valence-corrected chi connectivity index (χ2v) is 6.86. The van der Waals surface area contributed by atoms with Crippen molar-refractivity contribution < 1.29 is 28.7 Å². The number of benzene rings is 2. The third kappa shape index (κ3) is 3.30. The van der Waals surface area contributed by atoms with Gasteiger partial charge in [-0.05, 0) is 54.4 Å². The minimum absolute atomic E-state index is 0.0908. The fraction of sp³-hybridized carbons (Fsp3) is 0.190. The van der Waals surface area contributed by atoms with Crippen molar-refractivity contribution in [2.24, 2.45) is 0 Å². The summed E-state index contributed by atoms with van der Waals surface area (Å²) in [5.41, 5.74) is 1.94. The van der Waals surface area contributed by atoms with Gasteiger partial charge in [0.2, 0.25) is 5.91 Å². The van der Waals surface area contributed by atoms with Gasteiger partial charge < -0.3 is 10.1 Å². The van der Waals surface area contributed by atoms with Crippen molar-refractivity contribution in [2.75, 3.05) is 23.9 Å². The second-order valence-electron chi connectivity index (χ2n) is 6.86. The average molecular weight is 407 g/mol. The van der Waals surface area contributed by atoms with E-state index < -0.39 is 30.2 Å². The molecule has 0 saturated carbocycles. The number of hydrogen-bond donors (Lipinski definition) is 1. The van der Waals surface area contributed by atoms with E-state index in [1.54, 1.807) is 24.3 Å². The fourth-order valence-corrected chi connectivity index (χ4v) is 3.40. The average Bonchev–Trinajstić information content (AvgIpc) is 2.96. The molecule has 2 aliphatic heterocycles. The molecule has 0 bridgehead atoms. The summed E-state index contributed by atoms with van der Waals surface area (Å²) >= 11 is 0. The number of carbonyl (C=O) groups excluding carboxylic acids is 5. The number of nitrogens with zero attached hydrogens (tertiary/aromatic N) is 2. The number of hydrogen-bond acceptors (Lipinski definition) is 6. The van der Waals surface area contributed by atoms with Crippen LogP contribution < -0.4 is 15.0 Å². The minimum atomic E-state index is -1.06. The van der Waals surface area contributed by atoms with E-state index in [-0.39, 0.29) is 11.6 Å². The Hall–Kier alpha value is -4.01. The van der Waals surface area contributed by atoms with Gasteiger partial charge in [-0.25, -0.2) is 14.6 Å². The summed E-state index contributed by atoms with van der Waals surface area (Å²) in [5.74, 6) is -2.13. The maximum atomic E-state index is 12.7. The molecule has 0 spiro atoms. The van der Waals surface area contributed by atoms with E-state index in [1.165, 1.54) is 25.3 Å². The number of methoxy groups -OCH3 is 1. The van der Waals surface area contributed by atoms with Crippen LogP contribution in [-0.4, -0.2) is 48.1 Å². The molecule has 4 rings (SSSR count). The summed E-state index contributed by atoms with van der Waals surface area (Å²) in [6.45, 7) is -0.554. The molecule has 1 N–H and O–H groups in total. The Morgan fingerprint density at radius 3 is 2.43 bits per heavy atom. The number of imide groups is 2. The Balaban J connectivity index is 1.53. The van der Waals surface area contributed by atoms with Gasteiger partial charge in [0.15, 0.2) is 5.78 Å². The van der Waals surface area contributed by atoms with Crippen molar-refractivity contribution >= 4 is 40.9 Å². The van der Waals surface area contributed by atoms with Crippen molar-refractivity contribution in [2.45, 2.75) is 12.8 Å². The molecule has 2 heterocycles. The number of ether oxygens (including phenoxy) is 1. The topological polar surface area (TPSA) is 113 Å². The first-order valence-corrected chi connectivity index (χ1v) is 9.19. The van der Waals surface area contributed by atoms with Crippen LogP contribution >= 0.6 is 0 Å². The summed E-state index contributed by atoms with van der Waals surface area (Å²) in [5, 5.41) is 2.72. The quantitative estimate of drug-likeness (QED) is 0.459. The molecule has 152 valence electrons. The zero-order valence-electron chi connectivity index (χ0n) is 16.0. The summed E-state index contributed by atoms with van der Waals surface area (Å²) < 4.78 is 5.04. The maximum Gasteiger partial charge on any atom is 0.339 e. The Labute approximate surface area is 171 Å². The van der Waals surface area contributed by atoms with Crippen LogP contribution in [0.25, 0.3) is 0 Å². The van der Waals surface area contributed by atoms with Crippen LogP contribution in [0.3, 0.4) is 0 Å². The van der Waals surface area contributed by atoms with Gasteiger partial charge in [-0.3, -0.25) is 19.2 Å². The smallest absolute Gasteiger partial charge is 0.339 e. The highest BCUT2D eigenvalue weighted by Crippen LogP contribution is 2.26. The molecule has 0 atom stereocenters. The molecular formula is C21H17N3O6. The molecule has 2 aromatic rings. The van der Waals surface area contributed by atoms with Gasteiger partial charge in [0.25, 0.3) is 0 Å². The molecule has 9 heteroatoms. The van der Waals surface area contributed by atoms with Crippen molar-refractivity contribution in [3.63, 3.8) is 0 Å². The van der Waals surface area contributed by atoms with Crippen LogP contribution in [0.15, 0.2) is 42.5 Å². The van der Waals surface area contributed by atoms with Crippen molar-refractivity contribution in [1.29, 1.82) is 0 Å². The molecule has 2 aromatic carbocycles. The van der Waals surface area contributed by atoms with E-state index in [4.69, 9.17) is 4.74 Å². The Bertz CT molecular complexity index is 1090. The zero-order valence-corrected chi connectivity index (χ0v) is 16.0. The van der Waals surface area contributed by atoms with Gasteiger partial charge in [0, 0.05) is 17.7 Å². The fourth-order valence-electron chi connectivity index (χ4n) is 3.40. The molecule has 5 amide bonds. The predicted molar refractivity (Wildman–Crippen MR) is 105 cm³/mol. The molecule has 0 unspecified atom stereocenters. The Kier molecular flexibility index (Phi) is 4.78. The van der Waals surface area contributed by atoms with Crippen LogP contribution in [0.4, 0.5) is 16.2 Å². The van der Waals surface area contributed by atoms with Gasteiger partial charge >= 0.3 is 17.8 Å². The van der Waals surface area contributed by atoms with Crippen molar-refractivity contribution in [3.8, 4) is 5.75 Å². The monoisotopic (exact) mass is 407 g/mol. The molecule has 0 radical (unpaired) electrons. The number of fused-ring (bicyclic) bond motifs is 1. The zero-order chi connectivity index (χ0) is 21.4. The number of rotatable bonds is 5. The molecule has 0 aromatic heterocycles. The van der Waals surface area contributed by atoms with Crippen molar-refractivity contribution in [1.82, 2.24) is 4.90 Å². The van der Waals surface area contributed by atoms with Crippen LogP contribution in [-0.2, 0) is 20.8 Å². The second kappa shape index (κ2) is 7.43. The molecule has 1 fully saturated rings. The first kappa shape index (κ1) is 19.3. The summed E-state index contributed by atoms with van der Waals surface area (Å²) in [4.78, 5) is 62.9. The lowest BCUT2D eigenvalue weighted by atomic mass is 9.98. The lowest BCUT2D eigenvalue weighted by molar-refractivity contribution is -0.139. The Morgan fingerprint density at radius 1 is 1.00 bits per heavy atom. The molecule has 1 saturated heterocycles. The number of carbonyl (C=O) groups is 5. The van der Waals surface area contributed by atoms with Gasteiger partial charge in [-0.2, -0.15) is 0 Å².